The number of hydrogen-bond acceptors (Lipinski definition) is 4. The van der Waals surface area contributed by atoms with Crippen LogP contribution in [0.2, 0.25) is 0 Å². The summed E-state index contributed by atoms with van der Waals surface area (Å²) in [5.41, 5.74) is 0. The first-order chi connectivity index (χ1) is 9.96. The molecule has 109 valence electrons. The van der Waals surface area contributed by atoms with E-state index < -0.39 is 6.36 Å². The molecule has 0 amide bonds. The van der Waals surface area contributed by atoms with Crippen LogP contribution in [0, 0.1) is 0 Å². The van der Waals surface area contributed by atoms with Gasteiger partial charge in [-0.15, -0.1) is 13.2 Å². The maximum absolute atomic E-state index is 12.0. The Morgan fingerprint density at radius 3 is 1.62 bits per heavy atom. The summed E-state index contributed by atoms with van der Waals surface area (Å²) in [5.74, 6) is 0.910. The van der Waals surface area contributed by atoms with Gasteiger partial charge in [0, 0.05) is 0 Å². The van der Waals surface area contributed by atoms with Crippen molar-refractivity contribution in [1.82, 2.24) is 0 Å². The van der Waals surface area contributed by atoms with Crippen LogP contribution < -0.4 is 14.1 Å². The van der Waals surface area contributed by atoms with Crippen LogP contribution in [-0.2, 0) is 0 Å². The normalized spacial score (nSPS) is 10.9. The molecule has 0 bridgehead atoms. The molecule has 0 aliphatic heterocycles. The lowest BCUT2D eigenvalue weighted by Gasteiger charge is -2.10. The molecule has 0 atom stereocenters. The molecule has 21 heavy (non-hydrogen) atoms. The fraction of sp³-hybridized carbons (Fsp3) is 0.0769. The van der Waals surface area contributed by atoms with Gasteiger partial charge in [0.15, 0.2) is 0 Å². The first-order valence-corrected chi connectivity index (χ1v) is 5.72. The van der Waals surface area contributed by atoms with Gasteiger partial charge in [-0.2, -0.15) is 0 Å². The Morgan fingerprint density at radius 1 is 0.762 bits per heavy atom. The van der Waals surface area contributed by atoms with E-state index >= 15 is 0 Å². The molecule has 0 heterocycles. The minimum absolute atomic E-state index is 0.322. The van der Waals surface area contributed by atoms with Crippen LogP contribution in [-0.4, -0.2) is 19.1 Å². The largest absolute Gasteiger partial charge is 0.573 e. The first-order valence-electron chi connectivity index (χ1n) is 5.72. The van der Waals surface area contributed by atoms with Crippen LogP contribution in [0.4, 0.5) is 13.2 Å². The maximum atomic E-state index is 12.0. The quantitative estimate of drug-likeness (QED) is 0.860. The van der Waals surface area contributed by atoms with Crippen molar-refractivity contribution in [2.24, 2.45) is 0 Å². The van der Waals surface area contributed by atoms with E-state index in [2.05, 4.69) is 4.74 Å². The van der Waals surface area contributed by atoms with Crippen LogP contribution >= 0.6 is 0 Å². The van der Waals surface area contributed by atoms with Crippen LogP contribution in [0.15, 0.2) is 48.5 Å². The average molecular weight is 297 g/mol. The van der Waals surface area contributed by atoms with Crippen molar-refractivity contribution in [3.05, 3.63) is 48.5 Å². The van der Waals surface area contributed by atoms with E-state index in [4.69, 9.17) is 14.4 Å². The number of hydrogen-bond donors (Lipinski definition) is 1. The van der Waals surface area contributed by atoms with E-state index in [9.17, 15) is 13.2 Å². The highest BCUT2D eigenvalue weighted by Crippen LogP contribution is 2.28. The van der Waals surface area contributed by atoms with Crippen molar-refractivity contribution in [3.8, 4) is 23.0 Å². The lowest BCUT2D eigenvalue weighted by Crippen LogP contribution is -2.16. The smallest absolute Gasteiger partial charge is 0.537 e. The molecule has 1 radical (unpaired) electrons. The standard InChI is InChI=1S/C13H9BF3O4/c15-13(16,17)20-11-5-1-9(2-6-11)19-10-3-7-12(8-4-10)21-14-18/h1-8,18H. The Kier molecular flexibility index (Phi) is 4.59. The minimum Gasteiger partial charge on any atom is -0.537 e. The van der Waals surface area contributed by atoms with Gasteiger partial charge in [-0.1, -0.05) is 0 Å². The number of alkyl halides is 3. The number of rotatable bonds is 5. The van der Waals surface area contributed by atoms with E-state index in [0.29, 0.717) is 24.9 Å². The zero-order chi connectivity index (χ0) is 15.3. The van der Waals surface area contributed by atoms with E-state index in [1.54, 1.807) is 24.3 Å². The molecule has 1 N–H and O–H groups in total. The molecule has 2 aromatic rings. The molecule has 4 nitrogen and oxygen atoms in total. The van der Waals surface area contributed by atoms with Gasteiger partial charge in [0.1, 0.15) is 23.0 Å². The molecule has 0 aromatic heterocycles. The van der Waals surface area contributed by atoms with Gasteiger partial charge in [0.2, 0.25) is 0 Å². The molecule has 0 spiro atoms. The summed E-state index contributed by atoms with van der Waals surface area (Å²) in [7, 11) is 0.551. The third kappa shape index (κ3) is 4.92. The van der Waals surface area contributed by atoms with Gasteiger partial charge >= 0.3 is 14.0 Å². The molecule has 0 saturated carbocycles. The first kappa shape index (κ1) is 15.1. The summed E-state index contributed by atoms with van der Waals surface area (Å²) in [6.45, 7) is 0. The Morgan fingerprint density at radius 2 is 1.19 bits per heavy atom. The highest BCUT2D eigenvalue weighted by atomic mass is 19.4. The average Bonchev–Trinajstić information content (AvgIpc) is 2.42. The molecule has 0 aliphatic carbocycles. The van der Waals surface area contributed by atoms with Crippen molar-refractivity contribution in [3.63, 3.8) is 0 Å². The van der Waals surface area contributed by atoms with Gasteiger partial charge in [-0.3, -0.25) is 0 Å². The maximum Gasteiger partial charge on any atom is 0.573 e. The summed E-state index contributed by atoms with van der Waals surface area (Å²) in [6.07, 6.45) is -4.72. The highest BCUT2D eigenvalue weighted by molar-refractivity contribution is 6.17. The Hall–Kier alpha value is -2.35. The lowest BCUT2D eigenvalue weighted by molar-refractivity contribution is -0.274. The summed E-state index contributed by atoms with van der Waals surface area (Å²) in [4.78, 5) is 0. The molecule has 2 aromatic carbocycles. The molecule has 0 saturated heterocycles. The second-order valence-corrected chi connectivity index (χ2v) is 3.82. The Bertz CT molecular complexity index is 569. The van der Waals surface area contributed by atoms with Crippen LogP contribution in [0.25, 0.3) is 0 Å². The fourth-order valence-electron chi connectivity index (χ4n) is 1.49. The van der Waals surface area contributed by atoms with Gasteiger partial charge < -0.3 is 19.2 Å². The predicted molar refractivity (Wildman–Crippen MR) is 68.2 cm³/mol. The zero-order valence-electron chi connectivity index (χ0n) is 10.5. The van der Waals surface area contributed by atoms with Crippen molar-refractivity contribution < 1.29 is 32.3 Å². The van der Waals surface area contributed by atoms with Gasteiger partial charge in [-0.05, 0) is 48.5 Å². The number of benzene rings is 2. The molecule has 0 fully saturated rings. The van der Waals surface area contributed by atoms with Gasteiger partial charge in [-0.25, -0.2) is 0 Å². The topological polar surface area (TPSA) is 47.9 Å². The van der Waals surface area contributed by atoms with Gasteiger partial charge in [0.05, 0.1) is 0 Å². The van der Waals surface area contributed by atoms with Crippen LogP contribution in [0.1, 0.15) is 0 Å². The highest BCUT2D eigenvalue weighted by Gasteiger charge is 2.30. The summed E-state index contributed by atoms with van der Waals surface area (Å²) < 4.78 is 49.9. The molecule has 0 aliphatic rings. The summed E-state index contributed by atoms with van der Waals surface area (Å²) in [6, 6.07) is 11.3. The van der Waals surface area contributed by atoms with Crippen molar-refractivity contribution in [2.75, 3.05) is 0 Å². The molecule has 8 heteroatoms. The SMILES string of the molecule is O[B]Oc1ccc(Oc2ccc(OC(F)(F)F)cc2)cc1. The van der Waals surface area contributed by atoms with E-state index in [1.807, 2.05) is 0 Å². The van der Waals surface area contributed by atoms with Crippen molar-refractivity contribution in [2.45, 2.75) is 6.36 Å². The van der Waals surface area contributed by atoms with E-state index in [-0.39, 0.29) is 5.75 Å². The molecular formula is C13H9BF3O4. The second kappa shape index (κ2) is 6.40. The zero-order valence-corrected chi connectivity index (χ0v) is 10.5. The summed E-state index contributed by atoms with van der Waals surface area (Å²) in [5, 5.41) is 8.46. The molecular weight excluding hydrogens is 288 g/mol. The third-order valence-corrected chi connectivity index (χ3v) is 2.31. The van der Waals surface area contributed by atoms with Crippen LogP contribution in [0.5, 0.6) is 23.0 Å². The van der Waals surface area contributed by atoms with Crippen LogP contribution in [0.3, 0.4) is 0 Å². The molecule has 2 rings (SSSR count). The fourth-order valence-corrected chi connectivity index (χ4v) is 1.49. The monoisotopic (exact) mass is 297 g/mol. The lowest BCUT2D eigenvalue weighted by atomic mass is 10.3. The Balaban J connectivity index is 1.99. The predicted octanol–water partition coefficient (Wildman–Crippen LogP) is 3.28. The molecule has 0 unspecified atom stereocenters. The van der Waals surface area contributed by atoms with Crippen molar-refractivity contribution >= 4 is 7.69 Å². The van der Waals surface area contributed by atoms with E-state index in [0.717, 1.165) is 12.1 Å². The minimum atomic E-state index is -4.72. The number of ether oxygens (including phenoxy) is 2. The third-order valence-electron chi connectivity index (χ3n) is 2.31. The van der Waals surface area contributed by atoms with Crippen molar-refractivity contribution in [1.29, 1.82) is 0 Å². The second-order valence-electron chi connectivity index (χ2n) is 3.82. The number of halogens is 3. The van der Waals surface area contributed by atoms with E-state index in [1.165, 1.54) is 12.1 Å². The Labute approximate surface area is 119 Å². The summed E-state index contributed by atoms with van der Waals surface area (Å²) >= 11 is 0. The van der Waals surface area contributed by atoms with Gasteiger partial charge in [0.25, 0.3) is 0 Å².